The summed E-state index contributed by atoms with van der Waals surface area (Å²) in [6.07, 6.45) is 2.85. The van der Waals surface area contributed by atoms with Crippen LogP contribution in [-0.2, 0) is 21.2 Å². The van der Waals surface area contributed by atoms with Gasteiger partial charge in [0, 0.05) is 25.2 Å². The summed E-state index contributed by atoms with van der Waals surface area (Å²) in [6, 6.07) is 15.8. The van der Waals surface area contributed by atoms with Gasteiger partial charge in [-0.2, -0.15) is 0 Å². The van der Waals surface area contributed by atoms with Crippen molar-refractivity contribution in [3.63, 3.8) is 0 Å². The Morgan fingerprint density at radius 1 is 1.00 bits per heavy atom. The monoisotopic (exact) mass is 388 g/mol. The van der Waals surface area contributed by atoms with E-state index in [1.807, 2.05) is 62.4 Å². The van der Waals surface area contributed by atoms with Crippen LogP contribution in [0, 0.1) is 13.8 Å². The Kier molecular flexibility index (Phi) is 7.56. The van der Waals surface area contributed by atoms with Gasteiger partial charge < -0.3 is 5.32 Å². The van der Waals surface area contributed by atoms with Crippen LogP contribution in [0.4, 0.5) is 5.69 Å². The number of nitrogens with one attached hydrogen (secondary N) is 1. The number of sulfonamides is 1. The number of carbonyl (C=O) groups is 1. The van der Waals surface area contributed by atoms with Crippen LogP contribution in [0.15, 0.2) is 48.5 Å². The van der Waals surface area contributed by atoms with E-state index in [1.54, 1.807) is 0 Å². The molecule has 0 heterocycles. The van der Waals surface area contributed by atoms with Crippen LogP contribution in [0.1, 0.15) is 29.5 Å². The van der Waals surface area contributed by atoms with Crippen LogP contribution in [-0.4, -0.2) is 38.0 Å². The predicted octanol–water partition coefficient (Wildman–Crippen LogP) is 3.53. The molecule has 6 heteroatoms. The molecule has 146 valence electrons. The summed E-state index contributed by atoms with van der Waals surface area (Å²) in [7, 11) is -3.35. The van der Waals surface area contributed by atoms with Crippen LogP contribution < -0.4 is 5.32 Å². The van der Waals surface area contributed by atoms with Crippen molar-refractivity contribution < 1.29 is 13.2 Å². The summed E-state index contributed by atoms with van der Waals surface area (Å²) in [5.41, 5.74) is 4.07. The first kappa shape index (κ1) is 21.1. The Bertz CT molecular complexity index is 844. The van der Waals surface area contributed by atoms with Crippen molar-refractivity contribution in [1.29, 1.82) is 0 Å². The number of aryl methyl sites for hydroxylation is 3. The Morgan fingerprint density at radius 2 is 1.63 bits per heavy atom. The highest BCUT2D eigenvalue weighted by Gasteiger charge is 2.17. The first-order valence-corrected chi connectivity index (χ1v) is 11.0. The van der Waals surface area contributed by atoms with Gasteiger partial charge in [-0.3, -0.25) is 4.79 Å². The van der Waals surface area contributed by atoms with Crippen molar-refractivity contribution in [1.82, 2.24) is 4.31 Å². The highest BCUT2D eigenvalue weighted by Crippen LogP contribution is 2.14. The maximum Gasteiger partial charge on any atom is 0.225 e. The summed E-state index contributed by atoms with van der Waals surface area (Å²) in [5.74, 6) is -0.184. The molecule has 27 heavy (non-hydrogen) atoms. The third-order valence-electron chi connectivity index (χ3n) is 4.28. The van der Waals surface area contributed by atoms with E-state index < -0.39 is 10.0 Å². The zero-order valence-electron chi connectivity index (χ0n) is 16.2. The van der Waals surface area contributed by atoms with Crippen molar-refractivity contribution in [3.05, 3.63) is 65.2 Å². The number of anilines is 1. The lowest BCUT2D eigenvalue weighted by atomic mass is 10.1. The quantitative estimate of drug-likeness (QED) is 0.715. The molecule has 0 aromatic heterocycles. The maximum absolute atomic E-state index is 12.2. The number of nitrogens with zero attached hydrogens (tertiary/aromatic N) is 1. The molecule has 1 N–H and O–H groups in total. The minimum Gasteiger partial charge on any atom is -0.326 e. The molecule has 0 aliphatic rings. The highest BCUT2D eigenvalue weighted by atomic mass is 32.2. The van der Waals surface area contributed by atoms with Crippen molar-refractivity contribution in [3.8, 4) is 0 Å². The van der Waals surface area contributed by atoms with E-state index in [1.165, 1.54) is 16.1 Å². The van der Waals surface area contributed by atoms with Crippen LogP contribution in [0.25, 0.3) is 0 Å². The second-order valence-corrected chi connectivity index (χ2v) is 8.91. The molecular formula is C21H28N2O3S. The zero-order valence-corrected chi connectivity index (χ0v) is 17.1. The maximum atomic E-state index is 12.2. The summed E-state index contributed by atoms with van der Waals surface area (Å²) < 4.78 is 25.4. The zero-order chi connectivity index (χ0) is 19.9. The highest BCUT2D eigenvalue weighted by molar-refractivity contribution is 7.88. The summed E-state index contributed by atoms with van der Waals surface area (Å²) in [6.45, 7) is 4.54. The molecule has 0 fully saturated rings. The molecule has 2 aromatic carbocycles. The third-order valence-corrected chi connectivity index (χ3v) is 5.58. The molecule has 0 saturated heterocycles. The van der Waals surface area contributed by atoms with E-state index >= 15 is 0 Å². The fourth-order valence-corrected chi connectivity index (χ4v) is 3.93. The van der Waals surface area contributed by atoms with Gasteiger partial charge in [-0.1, -0.05) is 36.4 Å². The van der Waals surface area contributed by atoms with Crippen molar-refractivity contribution in [2.75, 3.05) is 24.7 Å². The molecule has 0 unspecified atom stereocenters. The Labute approximate surface area is 162 Å². The number of rotatable bonds is 9. The lowest BCUT2D eigenvalue weighted by molar-refractivity contribution is -0.116. The van der Waals surface area contributed by atoms with E-state index in [4.69, 9.17) is 0 Å². The first-order chi connectivity index (χ1) is 12.7. The van der Waals surface area contributed by atoms with Crippen molar-refractivity contribution in [2.45, 2.75) is 33.1 Å². The van der Waals surface area contributed by atoms with Crippen LogP contribution >= 0.6 is 0 Å². The standard InChI is InChI=1S/C21H28N2O3S/c1-17-14-18(2)16-20(15-17)22-21(24)11-13-23(27(3,25)26)12-7-10-19-8-5-4-6-9-19/h4-6,8-9,14-16H,7,10-13H2,1-3H3,(H,22,24). The van der Waals surface area contributed by atoms with Gasteiger partial charge in [0.2, 0.25) is 15.9 Å². The topological polar surface area (TPSA) is 66.5 Å². The van der Waals surface area contributed by atoms with E-state index in [0.717, 1.165) is 29.7 Å². The van der Waals surface area contributed by atoms with Gasteiger partial charge >= 0.3 is 0 Å². The SMILES string of the molecule is Cc1cc(C)cc(NC(=O)CCN(CCCc2ccccc2)S(C)(=O)=O)c1. The number of benzene rings is 2. The minimum absolute atomic E-state index is 0.130. The predicted molar refractivity (Wildman–Crippen MR) is 110 cm³/mol. The van der Waals surface area contributed by atoms with Crippen LogP contribution in [0.3, 0.4) is 0 Å². The normalized spacial score (nSPS) is 11.6. The van der Waals surface area contributed by atoms with Crippen LogP contribution in [0.5, 0.6) is 0 Å². The fourth-order valence-electron chi connectivity index (χ4n) is 3.04. The molecule has 0 aliphatic carbocycles. The molecule has 0 radical (unpaired) electrons. The Morgan fingerprint density at radius 3 is 2.22 bits per heavy atom. The lowest BCUT2D eigenvalue weighted by Crippen LogP contribution is -2.34. The molecule has 0 aliphatic heterocycles. The molecule has 0 saturated carbocycles. The summed E-state index contributed by atoms with van der Waals surface area (Å²) in [5, 5.41) is 2.85. The Hall–Kier alpha value is -2.18. The van der Waals surface area contributed by atoms with Gasteiger partial charge in [-0.05, 0) is 55.5 Å². The summed E-state index contributed by atoms with van der Waals surface area (Å²) in [4.78, 5) is 12.2. The number of carbonyl (C=O) groups excluding carboxylic acids is 1. The van der Waals surface area contributed by atoms with Gasteiger partial charge in [-0.25, -0.2) is 12.7 Å². The van der Waals surface area contributed by atoms with Crippen molar-refractivity contribution >= 4 is 21.6 Å². The van der Waals surface area contributed by atoms with Crippen molar-refractivity contribution in [2.24, 2.45) is 0 Å². The largest absolute Gasteiger partial charge is 0.326 e. The average Bonchev–Trinajstić information content (AvgIpc) is 2.56. The Balaban J connectivity index is 1.87. The molecule has 0 bridgehead atoms. The van der Waals surface area contributed by atoms with E-state index in [2.05, 4.69) is 5.32 Å². The number of hydrogen-bond acceptors (Lipinski definition) is 3. The fraction of sp³-hybridized carbons (Fsp3) is 0.381. The summed E-state index contributed by atoms with van der Waals surface area (Å²) >= 11 is 0. The average molecular weight is 389 g/mol. The van der Waals surface area contributed by atoms with Crippen LogP contribution in [0.2, 0.25) is 0 Å². The molecule has 5 nitrogen and oxygen atoms in total. The molecule has 2 aromatic rings. The van der Waals surface area contributed by atoms with Gasteiger partial charge in [0.15, 0.2) is 0 Å². The molecule has 0 spiro atoms. The van der Waals surface area contributed by atoms with E-state index in [9.17, 15) is 13.2 Å². The van der Waals surface area contributed by atoms with Gasteiger partial charge in [0.1, 0.15) is 0 Å². The van der Waals surface area contributed by atoms with Gasteiger partial charge in [0.25, 0.3) is 0 Å². The second kappa shape index (κ2) is 9.67. The van der Waals surface area contributed by atoms with E-state index in [0.29, 0.717) is 6.54 Å². The second-order valence-electron chi connectivity index (χ2n) is 6.93. The van der Waals surface area contributed by atoms with E-state index in [-0.39, 0.29) is 18.9 Å². The number of amides is 1. The molecule has 0 atom stereocenters. The number of hydrogen-bond donors (Lipinski definition) is 1. The first-order valence-electron chi connectivity index (χ1n) is 9.11. The van der Waals surface area contributed by atoms with Gasteiger partial charge in [-0.15, -0.1) is 0 Å². The minimum atomic E-state index is -3.35. The molecule has 2 rings (SSSR count). The third kappa shape index (κ3) is 7.53. The van der Waals surface area contributed by atoms with Gasteiger partial charge in [0.05, 0.1) is 6.26 Å². The smallest absolute Gasteiger partial charge is 0.225 e. The molecular weight excluding hydrogens is 360 g/mol. The lowest BCUT2D eigenvalue weighted by Gasteiger charge is -2.19. The molecule has 1 amide bonds.